The standard InChI is InChI=1S/C13H11N3O/c14-10-2-1-3-11(6-10)16-13-7-12(17)5-4-9(13)8-15-16/h1-8,17H,14H2. The van der Waals surface area contributed by atoms with Crippen LogP contribution in [0.25, 0.3) is 16.6 Å². The summed E-state index contributed by atoms with van der Waals surface area (Å²) in [6.45, 7) is 0. The van der Waals surface area contributed by atoms with Crippen molar-refractivity contribution in [2.24, 2.45) is 0 Å². The summed E-state index contributed by atoms with van der Waals surface area (Å²) in [5, 5.41) is 14.8. The number of aromatic nitrogens is 2. The molecule has 0 bridgehead atoms. The molecule has 0 saturated heterocycles. The Kier molecular flexibility index (Phi) is 2.01. The Bertz CT molecular complexity index is 688. The van der Waals surface area contributed by atoms with Crippen LogP contribution in [-0.4, -0.2) is 14.9 Å². The maximum atomic E-state index is 9.51. The Morgan fingerprint density at radius 1 is 1.12 bits per heavy atom. The summed E-state index contributed by atoms with van der Waals surface area (Å²) < 4.78 is 1.76. The molecular weight excluding hydrogens is 214 g/mol. The first-order valence-corrected chi connectivity index (χ1v) is 5.27. The van der Waals surface area contributed by atoms with Gasteiger partial charge in [-0.1, -0.05) is 6.07 Å². The van der Waals surface area contributed by atoms with Gasteiger partial charge < -0.3 is 10.8 Å². The number of nitrogens with zero attached hydrogens (tertiary/aromatic N) is 2. The van der Waals surface area contributed by atoms with Crippen molar-refractivity contribution in [3.05, 3.63) is 48.7 Å². The highest BCUT2D eigenvalue weighted by Gasteiger charge is 2.05. The number of phenols is 1. The van der Waals surface area contributed by atoms with E-state index in [1.165, 1.54) is 0 Å². The highest BCUT2D eigenvalue weighted by atomic mass is 16.3. The molecule has 3 aromatic rings. The third-order valence-electron chi connectivity index (χ3n) is 2.67. The quantitative estimate of drug-likeness (QED) is 0.624. The van der Waals surface area contributed by atoms with Crippen molar-refractivity contribution in [2.75, 3.05) is 5.73 Å². The molecule has 0 aliphatic heterocycles. The van der Waals surface area contributed by atoms with Crippen LogP contribution in [0.1, 0.15) is 0 Å². The van der Waals surface area contributed by atoms with Gasteiger partial charge in [0.15, 0.2) is 0 Å². The molecule has 0 fully saturated rings. The molecule has 0 unspecified atom stereocenters. The molecule has 0 radical (unpaired) electrons. The molecule has 0 atom stereocenters. The van der Waals surface area contributed by atoms with Crippen LogP contribution in [0.5, 0.6) is 5.75 Å². The van der Waals surface area contributed by atoms with Crippen LogP contribution in [0.3, 0.4) is 0 Å². The van der Waals surface area contributed by atoms with Crippen molar-refractivity contribution in [2.45, 2.75) is 0 Å². The van der Waals surface area contributed by atoms with Crippen LogP contribution in [0.15, 0.2) is 48.7 Å². The first kappa shape index (κ1) is 9.72. The number of benzene rings is 2. The molecule has 4 nitrogen and oxygen atoms in total. The lowest BCUT2D eigenvalue weighted by molar-refractivity contribution is 0.476. The molecule has 84 valence electrons. The molecule has 0 aliphatic carbocycles. The third kappa shape index (κ3) is 1.59. The normalized spacial score (nSPS) is 10.8. The predicted octanol–water partition coefficient (Wildman–Crippen LogP) is 2.31. The second-order valence-electron chi connectivity index (χ2n) is 3.89. The van der Waals surface area contributed by atoms with Crippen LogP contribution in [-0.2, 0) is 0 Å². The van der Waals surface area contributed by atoms with Gasteiger partial charge in [0.2, 0.25) is 0 Å². The van der Waals surface area contributed by atoms with Gasteiger partial charge in [-0.15, -0.1) is 0 Å². The number of hydrogen-bond acceptors (Lipinski definition) is 3. The summed E-state index contributed by atoms with van der Waals surface area (Å²) in [4.78, 5) is 0. The maximum Gasteiger partial charge on any atom is 0.117 e. The first-order valence-electron chi connectivity index (χ1n) is 5.27. The maximum absolute atomic E-state index is 9.51. The van der Waals surface area contributed by atoms with Crippen molar-refractivity contribution in [1.82, 2.24) is 9.78 Å². The largest absolute Gasteiger partial charge is 0.508 e. The van der Waals surface area contributed by atoms with E-state index in [4.69, 9.17) is 5.73 Å². The van der Waals surface area contributed by atoms with E-state index in [9.17, 15) is 5.11 Å². The monoisotopic (exact) mass is 225 g/mol. The van der Waals surface area contributed by atoms with Gasteiger partial charge in [-0.2, -0.15) is 5.10 Å². The van der Waals surface area contributed by atoms with Crippen LogP contribution in [0.2, 0.25) is 0 Å². The minimum atomic E-state index is 0.225. The van der Waals surface area contributed by atoms with Gasteiger partial charge in [-0.25, -0.2) is 4.68 Å². The fourth-order valence-electron chi connectivity index (χ4n) is 1.87. The van der Waals surface area contributed by atoms with E-state index in [2.05, 4.69) is 5.10 Å². The van der Waals surface area contributed by atoms with E-state index in [-0.39, 0.29) is 5.75 Å². The number of anilines is 1. The summed E-state index contributed by atoms with van der Waals surface area (Å²) >= 11 is 0. The number of nitrogen functional groups attached to an aromatic ring is 1. The fourth-order valence-corrected chi connectivity index (χ4v) is 1.87. The second-order valence-corrected chi connectivity index (χ2v) is 3.89. The lowest BCUT2D eigenvalue weighted by Crippen LogP contribution is -1.96. The summed E-state index contributed by atoms with van der Waals surface area (Å²) in [7, 11) is 0. The minimum absolute atomic E-state index is 0.225. The van der Waals surface area contributed by atoms with Gasteiger partial charge in [0.05, 0.1) is 17.4 Å². The Labute approximate surface area is 97.9 Å². The van der Waals surface area contributed by atoms with Gasteiger partial charge >= 0.3 is 0 Å². The highest BCUT2D eigenvalue weighted by Crippen LogP contribution is 2.23. The topological polar surface area (TPSA) is 64.1 Å². The van der Waals surface area contributed by atoms with E-state index in [0.29, 0.717) is 5.69 Å². The first-order chi connectivity index (χ1) is 8.24. The zero-order valence-electron chi connectivity index (χ0n) is 9.04. The highest BCUT2D eigenvalue weighted by molar-refractivity contribution is 5.81. The van der Waals surface area contributed by atoms with Gasteiger partial charge in [0.1, 0.15) is 5.75 Å². The van der Waals surface area contributed by atoms with Crippen LogP contribution in [0, 0.1) is 0 Å². The molecule has 4 heteroatoms. The Balaban J connectivity index is 2.27. The number of rotatable bonds is 1. The van der Waals surface area contributed by atoms with E-state index >= 15 is 0 Å². The molecule has 3 N–H and O–H groups in total. The van der Waals surface area contributed by atoms with Crippen LogP contribution in [0.4, 0.5) is 5.69 Å². The van der Waals surface area contributed by atoms with Crippen molar-refractivity contribution in [3.8, 4) is 11.4 Å². The van der Waals surface area contributed by atoms with E-state index in [0.717, 1.165) is 16.6 Å². The molecule has 0 amide bonds. The Morgan fingerprint density at radius 2 is 2.00 bits per heavy atom. The third-order valence-corrected chi connectivity index (χ3v) is 2.67. The summed E-state index contributed by atoms with van der Waals surface area (Å²) in [6, 6.07) is 12.6. The molecule has 0 spiro atoms. The number of fused-ring (bicyclic) bond motifs is 1. The number of phenolic OH excluding ortho intramolecular Hbond substituents is 1. The van der Waals surface area contributed by atoms with Crippen LogP contribution >= 0.6 is 0 Å². The van der Waals surface area contributed by atoms with Crippen LogP contribution < -0.4 is 5.73 Å². The number of nitrogens with two attached hydrogens (primary N) is 1. The van der Waals surface area contributed by atoms with E-state index in [1.807, 2.05) is 30.3 Å². The fraction of sp³-hybridized carbons (Fsp3) is 0. The second kappa shape index (κ2) is 3.52. The SMILES string of the molecule is Nc1cccc(-n2ncc3ccc(O)cc32)c1. The predicted molar refractivity (Wildman–Crippen MR) is 67.1 cm³/mol. The van der Waals surface area contributed by atoms with Crippen molar-refractivity contribution < 1.29 is 5.11 Å². The zero-order chi connectivity index (χ0) is 11.8. The van der Waals surface area contributed by atoms with E-state index in [1.54, 1.807) is 23.0 Å². The van der Waals surface area contributed by atoms with Crippen molar-refractivity contribution >= 4 is 16.6 Å². The number of aromatic hydroxyl groups is 1. The molecule has 2 aromatic carbocycles. The Morgan fingerprint density at radius 3 is 2.82 bits per heavy atom. The number of hydrogen-bond donors (Lipinski definition) is 2. The summed E-state index contributed by atoms with van der Waals surface area (Å²) in [6.07, 6.45) is 1.76. The summed E-state index contributed by atoms with van der Waals surface area (Å²) in [5.41, 5.74) is 8.17. The molecule has 1 aromatic heterocycles. The average molecular weight is 225 g/mol. The van der Waals surface area contributed by atoms with Gasteiger partial charge in [0, 0.05) is 17.1 Å². The van der Waals surface area contributed by atoms with Gasteiger partial charge in [0.25, 0.3) is 0 Å². The lowest BCUT2D eigenvalue weighted by atomic mass is 10.2. The van der Waals surface area contributed by atoms with E-state index < -0.39 is 0 Å². The average Bonchev–Trinajstić information content (AvgIpc) is 2.71. The lowest BCUT2D eigenvalue weighted by Gasteiger charge is -2.04. The molecule has 17 heavy (non-hydrogen) atoms. The molecule has 1 heterocycles. The molecule has 0 saturated carbocycles. The zero-order valence-corrected chi connectivity index (χ0v) is 9.04. The minimum Gasteiger partial charge on any atom is -0.508 e. The van der Waals surface area contributed by atoms with Gasteiger partial charge in [-0.05, 0) is 30.3 Å². The van der Waals surface area contributed by atoms with Crippen molar-refractivity contribution in [1.29, 1.82) is 0 Å². The van der Waals surface area contributed by atoms with Crippen molar-refractivity contribution in [3.63, 3.8) is 0 Å². The molecule has 0 aliphatic rings. The summed E-state index contributed by atoms with van der Waals surface area (Å²) in [5.74, 6) is 0.225. The smallest absolute Gasteiger partial charge is 0.117 e. The molecular formula is C13H11N3O. The Hall–Kier alpha value is -2.49. The van der Waals surface area contributed by atoms with Gasteiger partial charge in [-0.3, -0.25) is 0 Å². The molecule has 3 rings (SSSR count).